The molecule has 0 spiro atoms. The van der Waals surface area contributed by atoms with Gasteiger partial charge in [0.2, 0.25) is 10.0 Å². The number of rotatable bonds is 8. The number of para-hydroxylation sites is 1. The van der Waals surface area contributed by atoms with Gasteiger partial charge >= 0.3 is 0 Å². The van der Waals surface area contributed by atoms with E-state index in [9.17, 15) is 8.42 Å². The fraction of sp³-hybridized carbons (Fsp3) is 0.571. The maximum Gasteiger partial charge on any atom is 0.214 e. The van der Waals surface area contributed by atoms with Gasteiger partial charge in [-0.25, -0.2) is 12.7 Å². The van der Waals surface area contributed by atoms with Crippen molar-refractivity contribution in [1.29, 1.82) is 0 Å². The predicted octanol–water partition coefficient (Wildman–Crippen LogP) is 1.11. The monoisotopic (exact) mass is 300 g/mol. The number of hydrogen-bond donors (Lipinski definition) is 1. The summed E-state index contributed by atoms with van der Waals surface area (Å²) in [6.45, 7) is 2.48. The molecule has 0 aliphatic heterocycles. The van der Waals surface area contributed by atoms with Crippen molar-refractivity contribution < 1.29 is 13.2 Å². The maximum atomic E-state index is 11.6. The third-order valence-corrected chi connectivity index (χ3v) is 4.96. The second-order valence-electron chi connectivity index (χ2n) is 4.97. The number of nitrogens with one attached hydrogen (secondary N) is 1. The summed E-state index contributed by atoms with van der Waals surface area (Å²) in [4.78, 5) is 0. The lowest BCUT2D eigenvalue weighted by Crippen LogP contribution is -2.35. The van der Waals surface area contributed by atoms with Crippen LogP contribution >= 0.6 is 0 Å². The number of nitrogens with zero attached hydrogens (tertiary/aromatic N) is 1. The fourth-order valence-electron chi connectivity index (χ4n) is 1.89. The van der Waals surface area contributed by atoms with Crippen molar-refractivity contribution in [2.45, 2.75) is 19.4 Å². The third kappa shape index (κ3) is 5.11. The summed E-state index contributed by atoms with van der Waals surface area (Å²) in [6, 6.07) is 8.04. The first-order chi connectivity index (χ1) is 9.36. The molecule has 6 heteroatoms. The fourth-order valence-corrected chi connectivity index (χ4v) is 2.63. The highest BCUT2D eigenvalue weighted by Crippen LogP contribution is 2.18. The van der Waals surface area contributed by atoms with Crippen molar-refractivity contribution >= 4 is 10.0 Å². The first-order valence-electron chi connectivity index (χ1n) is 6.62. The smallest absolute Gasteiger partial charge is 0.214 e. The normalized spacial score (nSPS) is 13.4. The molecule has 0 saturated heterocycles. The average molecular weight is 300 g/mol. The summed E-state index contributed by atoms with van der Waals surface area (Å²) in [5, 5.41) is 3.23. The van der Waals surface area contributed by atoms with Gasteiger partial charge in [-0.3, -0.25) is 0 Å². The van der Waals surface area contributed by atoms with E-state index in [-0.39, 0.29) is 11.8 Å². The van der Waals surface area contributed by atoms with Gasteiger partial charge in [0, 0.05) is 26.7 Å². The Kier molecular flexibility index (Phi) is 6.45. The van der Waals surface area contributed by atoms with Crippen LogP contribution in [0.4, 0.5) is 0 Å². The van der Waals surface area contributed by atoms with Crippen LogP contribution in [0.5, 0.6) is 5.75 Å². The lowest BCUT2D eigenvalue weighted by Gasteiger charge is -2.17. The first kappa shape index (κ1) is 16.9. The number of benzene rings is 1. The summed E-state index contributed by atoms with van der Waals surface area (Å²) >= 11 is 0. The molecule has 1 aromatic carbocycles. The zero-order valence-electron chi connectivity index (χ0n) is 12.6. The van der Waals surface area contributed by atoms with Crippen LogP contribution in [0.25, 0.3) is 0 Å². The molecule has 1 unspecified atom stereocenters. The summed E-state index contributed by atoms with van der Waals surface area (Å²) in [6.07, 6.45) is 0.798. The third-order valence-electron chi connectivity index (χ3n) is 3.13. The standard InChI is InChI=1S/C14H24N2O3S/c1-12(15-9-10-20(17,18)16(2)3)11-13-7-5-6-8-14(13)19-4/h5-8,12,15H,9-11H2,1-4H3. The Bertz CT molecular complexity index is 515. The quantitative estimate of drug-likeness (QED) is 0.781. The van der Waals surface area contributed by atoms with E-state index in [1.807, 2.05) is 31.2 Å². The van der Waals surface area contributed by atoms with Crippen LogP contribution < -0.4 is 10.1 Å². The highest BCUT2D eigenvalue weighted by atomic mass is 32.2. The molecule has 1 atom stereocenters. The SMILES string of the molecule is COc1ccccc1CC(C)NCCS(=O)(=O)N(C)C. The van der Waals surface area contributed by atoms with Crippen molar-refractivity contribution in [3.05, 3.63) is 29.8 Å². The molecule has 0 heterocycles. The average Bonchev–Trinajstić information content (AvgIpc) is 2.39. The highest BCUT2D eigenvalue weighted by Gasteiger charge is 2.14. The van der Waals surface area contributed by atoms with Crippen LogP contribution in [0.2, 0.25) is 0 Å². The van der Waals surface area contributed by atoms with Gasteiger partial charge in [0.15, 0.2) is 0 Å². The zero-order chi connectivity index (χ0) is 15.2. The van der Waals surface area contributed by atoms with Crippen LogP contribution in [0.1, 0.15) is 12.5 Å². The molecule has 0 bridgehead atoms. The van der Waals surface area contributed by atoms with Crippen molar-refractivity contribution in [2.24, 2.45) is 0 Å². The lowest BCUT2D eigenvalue weighted by molar-refractivity contribution is 0.406. The lowest BCUT2D eigenvalue weighted by atomic mass is 10.1. The number of sulfonamides is 1. The van der Waals surface area contributed by atoms with Crippen LogP contribution in [0, 0.1) is 0 Å². The molecular weight excluding hydrogens is 276 g/mol. The van der Waals surface area contributed by atoms with Gasteiger partial charge < -0.3 is 10.1 Å². The number of ether oxygens (including phenoxy) is 1. The van der Waals surface area contributed by atoms with Crippen LogP contribution in [-0.4, -0.2) is 52.3 Å². The van der Waals surface area contributed by atoms with Gasteiger partial charge in [0.1, 0.15) is 5.75 Å². The van der Waals surface area contributed by atoms with Crippen molar-refractivity contribution in [3.8, 4) is 5.75 Å². The van der Waals surface area contributed by atoms with E-state index < -0.39 is 10.0 Å². The van der Waals surface area contributed by atoms with Crippen molar-refractivity contribution in [1.82, 2.24) is 9.62 Å². The van der Waals surface area contributed by atoms with Gasteiger partial charge in [-0.2, -0.15) is 0 Å². The minimum absolute atomic E-state index is 0.107. The van der Waals surface area contributed by atoms with Crippen LogP contribution in [-0.2, 0) is 16.4 Å². The molecular formula is C14H24N2O3S. The largest absolute Gasteiger partial charge is 0.496 e. The summed E-state index contributed by atoms with van der Waals surface area (Å²) in [5.41, 5.74) is 1.12. The predicted molar refractivity (Wildman–Crippen MR) is 81.6 cm³/mol. The Hall–Kier alpha value is -1.11. The van der Waals surface area contributed by atoms with E-state index >= 15 is 0 Å². The molecule has 0 radical (unpaired) electrons. The molecule has 5 nitrogen and oxygen atoms in total. The molecule has 114 valence electrons. The van der Waals surface area contributed by atoms with E-state index in [2.05, 4.69) is 5.32 Å². The van der Waals surface area contributed by atoms with Gasteiger partial charge in [-0.1, -0.05) is 18.2 Å². The molecule has 0 saturated carbocycles. The van der Waals surface area contributed by atoms with Gasteiger partial charge in [0.25, 0.3) is 0 Å². The van der Waals surface area contributed by atoms with Gasteiger partial charge in [0.05, 0.1) is 12.9 Å². The van der Waals surface area contributed by atoms with Crippen molar-refractivity contribution in [2.75, 3.05) is 33.5 Å². The molecule has 0 amide bonds. The minimum atomic E-state index is -3.13. The number of hydrogen-bond acceptors (Lipinski definition) is 4. The zero-order valence-corrected chi connectivity index (χ0v) is 13.4. The van der Waals surface area contributed by atoms with E-state index in [0.29, 0.717) is 6.54 Å². The Morgan fingerprint density at radius 2 is 1.95 bits per heavy atom. The Morgan fingerprint density at radius 1 is 1.30 bits per heavy atom. The molecule has 1 rings (SSSR count). The topological polar surface area (TPSA) is 58.6 Å². The molecule has 0 aromatic heterocycles. The van der Waals surface area contributed by atoms with E-state index in [1.165, 1.54) is 4.31 Å². The second-order valence-corrected chi connectivity index (χ2v) is 7.27. The van der Waals surface area contributed by atoms with Crippen LogP contribution in [0.15, 0.2) is 24.3 Å². The van der Waals surface area contributed by atoms with Gasteiger partial charge in [-0.05, 0) is 25.0 Å². The Balaban J connectivity index is 2.47. The Labute approximate surface area is 122 Å². The summed E-state index contributed by atoms with van der Waals surface area (Å²) in [7, 11) is 1.62. The molecule has 1 aromatic rings. The molecule has 1 N–H and O–H groups in total. The Morgan fingerprint density at radius 3 is 2.55 bits per heavy atom. The van der Waals surface area contributed by atoms with E-state index in [0.717, 1.165) is 17.7 Å². The number of methoxy groups -OCH3 is 1. The van der Waals surface area contributed by atoms with Gasteiger partial charge in [-0.15, -0.1) is 0 Å². The summed E-state index contributed by atoms with van der Waals surface area (Å²) < 4.78 is 29.8. The van der Waals surface area contributed by atoms with E-state index in [4.69, 9.17) is 4.74 Å². The molecule has 0 aliphatic carbocycles. The van der Waals surface area contributed by atoms with Crippen LogP contribution in [0.3, 0.4) is 0 Å². The highest BCUT2D eigenvalue weighted by molar-refractivity contribution is 7.89. The van der Waals surface area contributed by atoms with Crippen molar-refractivity contribution in [3.63, 3.8) is 0 Å². The molecule has 0 aliphatic rings. The minimum Gasteiger partial charge on any atom is -0.496 e. The maximum absolute atomic E-state index is 11.6. The van der Waals surface area contributed by atoms with E-state index in [1.54, 1.807) is 21.2 Å². The summed E-state index contributed by atoms with van der Waals surface area (Å²) in [5.74, 6) is 0.970. The first-order valence-corrected chi connectivity index (χ1v) is 8.23. The second kappa shape index (κ2) is 7.61. The molecule has 0 fully saturated rings. The molecule has 20 heavy (non-hydrogen) atoms.